The molecule has 2 unspecified atom stereocenters. The summed E-state index contributed by atoms with van der Waals surface area (Å²) < 4.78 is 19.6. The van der Waals surface area contributed by atoms with Crippen LogP contribution in [0.15, 0.2) is 18.2 Å². The van der Waals surface area contributed by atoms with Crippen LogP contribution in [-0.4, -0.2) is 11.5 Å². The average Bonchev–Trinajstić information content (AvgIpc) is 2.36. The lowest BCUT2D eigenvalue weighted by Crippen LogP contribution is -2.56. The van der Waals surface area contributed by atoms with Gasteiger partial charge in [0.2, 0.25) is 0 Å². The van der Waals surface area contributed by atoms with Crippen molar-refractivity contribution in [3.63, 3.8) is 0 Å². The first-order valence-corrected chi connectivity index (χ1v) is 7.11. The van der Waals surface area contributed by atoms with Gasteiger partial charge in [-0.15, -0.1) is 11.6 Å². The molecule has 1 fully saturated rings. The van der Waals surface area contributed by atoms with E-state index in [1.807, 2.05) is 0 Å². The van der Waals surface area contributed by atoms with Crippen LogP contribution < -0.4 is 4.74 Å². The lowest BCUT2D eigenvalue weighted by atomic mass is 9.62. The van der Waals surface area contributed by atoms with Crippen molar-refractivity contribution in [2.75, 3.05) is 0 Å². The third-order valence-corrected chi connectivity index (χ3v) is 5.09. The Hall–Kier alpha value is -0.470. The number of rotatable bonds is 4. The molecule has 0 spiro atoms. The number of benzene rings is 1. The van der Waals surface area contributed by atoms with Crippen LogP contribution in [0, 0.1) is 11.2 Å². The van der Waals surface area contributed by atoms with Gasteiger partial charge in [-0.3, -0.25) is 0 Å². The summed E-state index contributed by atoms with van der Waals surface area (Å²) >= 11 is 12.0. The fraction of sp³-hybridized carbons (Fsp3) is 0.571. The highest BCUT2D eigenvalue weighted by Gasteiger charge is 2.53. The largest absolute Gasteiger partial charge is 0.487 e. The molecule has 4 heteroatoms. The Labute approximate surface area is 117 Å². The molecule has 100 valence electrons. The van der Waals surface area contributed by atoms with Crippen LogP contribution in [0.4, 0.5) is 4.39 Å². The van der Waals surface area contributed by atoms with E-state index in [9.17, 15) is 4.39 Å². The van der Waals surface area contributed by atoms with Crippen molar-refractivity contribution in [3.8, 4) is 5.75 Å². The Kier molecular flexibility index (Phi) is 4.08. The fourth-order valence-corrected chi connectivity index (χ4v) is 3.52. The number of hydrogen-bond acceptors (Lipinski definition) is 1. The molecule has 0 heterocycles. The van der Waals surface area contributed by atoms with Crippen molar-refractivity contribution in [1.82, 2.24) is 0 Å². The van der Waals surface area contributed by atoms with Gasteiger partial charge in [0.05, 0.1) is 5.02 Å². The Bertz CT molecular complexity index is 432. The Morgan fingerprint density at radius 1 is 1.39 bits per heavy atom. The molecule has 1 nitrogen and oxygen atoms in total. The smallest absolute Gasteiger partial charge is 0.183 e. The summed E-state index contributed by atoms with van der Waals surface area (Å²) in [5.74, 6) is -0.263. The van der Waals surface area contributed by atoms with Gasteiger partial charge in [-0.1, -0.05) is 31.5 Å². The van der Waals surface area contributed by atoms with Gasteiger partial charge in [-0.05, 0) is 25.0 Å². The maximum Gasteiger partial charge on any atom is 0.183 e. The summed E-state index contributed by atoms with van der Waals surface area (Å²) in [5.41, 5.74) is -0.0453. The van der Waals surface area contributed by atoms with Crippen molar-refractivity contribution in [2.24, 2.45) is 5.41 Å². The molecule has 1 saturated carbocycles. The van der Waals surface area contributed by atoms with Crippen molar-refractivity contribution < 1.29 is 9.13 Å². The molecule has 1 aromatic rings. The fourth-order valence-electron chi connectivity index (χ4n) is 2.74. The molecular weight excluding hydrogens is 274 g/mol. The third-order valence-electron chi connectivity index (χ3n) is 4.19. The second-order valence-corrected chi connectivity index (χ2v) is 5.74. The molecule has 1 aliphatic rings. The molecule has 0 aromatic heterocycles. The van der Waals surface area contributed by atoms with Crippen LogP contribution in [-0.2, 0) is 0 Å². The first kappa shape index (κ1) is 14.0. The van der Waals surface area contributed by atoms with Crippen LogP contribution >= 0.6 is 23.2 Å². The highest BCUT2D eigenvalue weighted by Crippen LogP contribution is 2.52. The predicted molar refractivity (Wildman–Crippen MR) is 73.1 cm³/mol. The van der Waals surface area contributed by atoms with Crippen molar-refractivity contribution >= 4 is 23.2 Å². The predicted octanol–water partition coefficient (Wildman–Crippen LogP) is 5.04. The second kappa shape index (κ2) is 5.26. The van der Waals surface area contributed by atoms with Gasteiger partial charge >= 0.3 is 0 Å². The minimum absolute atomic E-state index is 0.0250. The minimum Gasteiger partial charge on any atom is -0.487 e. The van der Waals surface area contributed by atoms with E-state index in [0.717, 1.165) is 19.3 Å². The zero-order valence-electron chi connectivity index (χ0n) is 10.6. The molecule has 1 aliphatic carbocycles. The summed E-state index contributed by atoms with van der Waals surface area (Å²) in [5, 5.41) is 0.201. The zero-order valence-corrected chi connectivity index (χ0v) is 12.1. The van der Waals surface area contributed by atoms with E-state index < -0.39 is 5.82 Å². The average molecular weight is 291 g/mol. The quantitative estimate of drug-likeness (QED) is 0.706. The van der Waals surface area contributed by atoms with E-state index in [-0.39, 0.29) is 27.7 Å². The molecular formula is C14H17Cl2FO. The van der Waals surface area contributed by atoms with Crippen molar-refractivity contribution in [1.29, 1.82) is 0 Å². The summed E-state index contributed by atoms with van der Waals surface area (Å²) in [6.07, 6.45) is 2.60. The van der Waals surface area contributed by atoms with E-state index in [2.05, 4.69) is 13.8 Å². The first-order valence-electron chi connectivity index (χ1n) is 6.30. The number of ether oxygens (including phenoxy) is 1. The molecule has 0 N–H and O–H groups in total. The molecule has 0 bridgehead atoms. The van der Waals surface area contributed by atoms with E-state index in [1.165, 1.54) is 6.07 Å². The second-order valence-electron chi connectivity index (χ2n) is 4.80. The van der Waals surface area contributed by atoms with Gasteiger partial charge in [0.15, 0.2) is 11.6 Å². The topological polar surface area (TPSA) is 9.23 Å². The highest BCUT2D eigenvalue weighted by molar-refractivity contribution is 6.30. The Morgan fingerprint density at radius 2 is 2.06 bits per heavy atom. The maximum absolute atomic E-state index is 13.8. The van der Waals surface area contributed by atoms with Crippen LogP contribution in [0.3, 0.4) is 0 Å². The summed E-state index contributed by atoms with van der Waals surface area (Å²) in [6, 6.07) is 4.82. The van der Waals surface area contributed by atoms with Gasteiger partial charge in [0.1, 0.15) is 6.10 Å². The van der Waals surface area contributed by atoms with Crippen LogP contribution in [0.1, 0.15) is 33.1 Å². The lowest BCUT2D eigenvalue weighted by Gasteiger charge is -2.52. The number of halogens is 3. The van der Waals surface area contributed by atoms with E-state index in [0.29, 0.717) is 0 Å². The van der Waals surface area contributed by atoms with Crippen LogP contribution in [0.25, 0.3) is 0 Å². The molecule has 1 aromatic carbocycles. The highest BCUT2D eigenvalue weighted by atomic mass is 35.5. The van der Waals surface area contributed by atoms with Gasteiger partial charge < -0.3 is 4.74 Å². The van der Waals surface area contributed by atoms with Gasteiger partial charge in [-0.2, -0.15) is 0 Å². The van der Waals surface area contributed by atoms with Crippen LogP contribution in [0.2, 0.25) is 5.02 Å². The molecule has 2 atom stereocenters. The maximum atomic E-state index is 13.8. The monoisotopic (exact) mass is 290 g/mol. The standard InChI is InChI=1S/C14H17Cl2FO/c1-3-14(4-2)11(16)8-12(14)18-10-7-5-6-9(15)13(10)17/h5-7,11-12H,3-4,8H2,1-2H3. The van der Waals surface area contributed by atoms with E-state index in [1.54, 1.807) is 12.1 Å². The molecule has 0 amide bonds. The van der Waals surface area contributed by atoms with E-state index >= 15 is 0 Å². The van der Waals surface area contributed by atoms with Gasteiger partial charge in [0, 0.05) is 17.2 Å². The van der Waals surface area contributed by atoms with Gasteiger partial charge in [-0.25, -0.2) is 4.39 Å². The molecule has 0 saturated heterocycles. The molecule has 0 radical (unpaired) electrons. The summed E-state index contributed by atoms with van der Waals surface area (Å²) in [7, 11) is 0. The summed E-state index contributed by atoms with van der Waals surface area (Å²) in [6.45, 7) is 4.20. The molecule has 18 heavy (non-hydrogen) atoms. The normalized spacial score (nSPS) is 25.6. The first-order chi connectivity index (χ1) is 8.55. The lowest BCUT2D eigenvalue weighted by molar-refractivity contribution is -0.0480. The zero-order chi connectivity index (χ0) is 13.3. The number of hydrogen-bond donors (Lipinski definition) is 0. The third kappa shape index (κ3) is 2.10. The Balaban J connectivity index is 2.18. The number of alkyl halides is 1. The molecule has 2 rings (SSSR count). The van der Waals surface area contributed by atoms with E-state index in [4.69, 9.17) is 27.9 Å². The summed E-state index contributed by atoms with van der Waals surface area (Å²) in [4.78, 5) is 0. The van der Waals surface area contributed by atoms with Crippen molar-refractivity contribution in [2.45, 2.75) is 44.6 Å². The van der Waals surface area contributed by atoms with Crippen molar-refractivity contribution in [3.05, 3.63) is 29.0 Å². The van der Waals surface area contributed by atoms with Crippen LogP contribution in [0.5, 0.6) is 5.75 Å². The minimum atomic E-state index is -0.488. The van der Waals surface area contributed by atoms with Gasteiger partial charge in [0.25, 0.3) is 0 Å². The Morgan fingerprint density at radius 3 is 2.61 bits per heavy atom. The SMILES string of the molecule is CCC1(CC)C(Cl)CC1Oc1cccc(Cl)c1F. The molecule has 0 aliphatic heterocycles.